The quantitative estimate of drug-likeness (QED) is 0.907. The summed E-state index contributed by atoms with van der Waals surface area (Å²) < 4.78 is 12.8. The molecule has 0 bridgehead atoms. The van der Waals surface area contributed by atoms with E-state index in [9.17, 15) is 9.90 Å². The van der Waals surface area contributed by atoms with Crippen molar-refractivity contribution < 1.29 is 19.4 Å². The van der Waals surface area contributed by atoms with Crippen molar-refractivity contribution in [2.75, 3.05) is 20.8 Å². The molecule has 3 rings (SSSR count). The number of hydrogen-bond donors (Lipinski definition) is 1. The summed E-state index contributed by atoms with van der Waals surface area (Å²) in [5.41, 5.74) is 2.75. The van der Waals surface area contributed by atoms with Gasteiger partial charge in [0.05, 0.1) is 30.2 Å². The molecule has 124 valence electrons. The standard InChI is InChI=1S/C17H20ClNO4/c1-22-9-8-19-12-5-3-4-10(17(20)21)14(12)15-13(23-2)7-6-11(18)16(15)19/h6-7,10H,3-5,8-9H2,1-2H3,(H,20,21)/t10-/m1/s1. The van der Waals surface area contributed by atoms with Crippen LogP contribution in [0.4, 0.5) is 0 Å². The molecule has 1 N–H and O–H groups in total. The van der Waals surface area contributed by atoms with Gasteiger partial charge in [0.15, 0.2) is 0 Å². The van der Waals surface area contributed by atoms with Gasteiger partial charge in [0.1, 0.15) is 5.75 Å². The fraction of sp³-hybridized carbons (Fsp3) is 0.471. The van der Waals surface area contributed by atoms with Crippen LogP contribution in [0.3, 0.4) is 0 Å². The topological polar surface area (TPSA) is 60.7 Å². The molecule has 1 aromatic carbocycles. The third-order valence-electron chi connectivity index (χ3n) is 4.56. The molecule has 1 aliphatic carbocycles. The van der Waals surface area contributed by atoms with Crippen molar-refractivity contribution in [1.29, 1.82) is 0 Å². The van der Waals surface area contributed by atoms with Gasteiger partial charge < -0.3 is 19.1 Å². The van der Waals surface area contributed by atoms with Gasteiger partial charge in [0.2, 0.25) is 0 Å². The van der Waals surface area contributed by atoms with Crippen LogP contribution in [-0.4, -0.2) is 36.5 Å². The lowest BCUT2D eigenvalue weighted by molar-refractivity contribution is -0.139. The van der Waals surface area contributed by atoms with Gasteiger partial charge in [0.25, 0.3) is 0 Å². The zero-order chi connectivity index (χ0) is 16.6. The van der Waals surface area contributed by atoms with Crippen molar-refractivity contribution in [3.63, 3.8) is 0 Å². The second-order valence-corrected chi connectivity index (χ2v) is 6.17. The van der Waals surface area contributed by atoms with Crippen molar-refractivity contribution >= 4 is 28.5 Å². The Bertz CT molecular complexity index is 753. The summed E-state index contributed by atoms with van der Waals surface area (Å²) in [7, 11) is 3.25. The number of hydrogen-bond acceptors (Lipinski definition) is 3. The SMILES string of the molecule is COCCn1c2c(c3c(OC)ccc(Cl)c31)[C@H](C(=O)O)CCC2. The molecule has 5 nitrogen and oxygen atoms in total. The summed E-state index contributed by atoms with van der Waals surface area (Å²) in [4.78, 5) is 11.8. The first-order valence-corrected chi connectivity index (χ1v) is 8.07. The molecule has 1 heterocycles. The van der Waals surface area contributed by atoms with Crippen LogP contribution in [0.1, 0.15) is 30.0 Å². The number of rotatable bonds is 5. The van der Waals surface area contributed by atoms with E-state index in [0.717, 1.165) is 35.0 Å². The fourth-order valence-electron chi connectivity index (χ4n) is 3.61. The summed E-state index contributed by atoms with van der Waals surface area (Å²) in [6.45, 7) is 1.18. The summed E-state index contributed by atoms with van der Waals surface area (Å²) in [6, 6.07) is 3.60. The number of ether oxygens (including phenoxy) is 2. The van der Waals surface area contributed by atoms with Gasteiger partial charge in [-0.3, -0.25) is 4.79 Å². The van der Waals surface area contributed by atoms with E-state index in [1.54, 1.807) is 26.4 Å². The molecule has 0 amide bonds. The zero-order valence-corrected chi connectivity index (χ0v) is 14.0. The third kappa shape index (κ3) is 2.58. The van der Waals surface area contributed by atoms with Crippen LogP contribution >= 0.6 is 11.6 Å². The Kier molecular flexibility index (Phi) is 4.50. The van der Waals surface area contributed by atoms with E-state index < -0.39 is 11.9 Å². The molecule has 1 aliphatic rings. The molecule has 2 aromatic rings. The minimum absolute atomic E-state index is 0.516. The minimum Gasteiger partial charge on any atom is -0.496 e. The lowest BCUT2D eigenvalue weighted by Crippen LogP contribution is -2.19. The molecule has 0 unspecified atom stereocenters. The summed E-state index contributed by atoms with van der Waals surface area (Å²) in [6.07, 6.45) is 2.34. The monoisotopic (exact) mass is 337 g/mol. The van der Waals surface area contributed by atoms with Gasteiger partial charge in [-0.1, -0.05) is 11.6 Å². The van der Waals surface area contributed by atoms with Crippen LogP contribution in [0.2, 0.25) is 5.02 Å². The van der Waals surface area contributed by atoms with Gasteiger partial charge in [-0.25, -0.2) is 0 Å². The van der Waals surface area contributed by atoms with E-state index in [4.69, 9.17) is 21.1 Å². The van der Waals surface area contributed by atoms with Crippen LogP contribution in [0.15, 0.2) is 12.1 Å². The molecule has 0 saturated carbocycles. The second kappa shape index (κ2) is 6.42. The van der Waals surface area contributed by atoms with E-state index in [1.807, 2.05) is 0 Å². The first-order valence-electron chi connectivity index (χ1n) is 7.69. The average molecular weight is 338 g/mol. The normalized spacial score (nSPS) is 17.3. The Morgan fingerprint density at radius 3 is 2.87 bits per heavy atom. The molecule has 1 aromatic heterocycles. The molecule has 0 fully saturated rings. The highest BCUT2D eigenvalue weighted by Crippen LogP contribution is 2.45. The number of carboxylic acid groups (broad SMARTS) is 1. The van der Waals surface area contributed by atoms with Gasteiger partial charge in [0, 0.05) is 24.7 Å². The summed E-state index contributed by atoms with van der Waals surface area (Å²) >= 11 is 6.45. The smallest absolute Gasteiger partial charge is 0.311 e. The van der Waals surface area contributed by atoms with Gasteiger partial charge in [-0.2, -0.15) is 0 Å². The number of benzene rings is 1. The lowest BCUT2D eigenvalue weighted by Gasteiger charge is -2.21. The van der Waals surface area contributed by atoms with Crippen molar-refractivity contribution in [1.82, 2.24) is 4.57 Å². The van der Waals surface area contributed by atoms with Crippen LogP contribution in [-0.2, 0) is 22.5 Å². The molecule has 23 heavy (non-hydrogen) atoms. The highest BCUT2D eigenvalue weighted by molar-refractivity contribution is 6.35. The van der Waals surface area contributed by atoms with Gasteiger partial charge >= 0.3 is 5.97 Å². The number of aliphatic carboxylic acids is 1. The Morgan fingerprint density at radius 2 is 2.22 bits per heavy atom. The summed E-state index contributed by atoms with van der Waals surface area (Å²) in [5, 5.41) is 11.1. The number of nitrogens with zero attached hydrogens (tertiary/aromatic N) is 1. The first kappa shape index (κ1) is 16.1. The predicted octanol–water partition coefficient (Wildman–Crippen LogP) is 3.45. The van der Waals surface area contributed by atoms with Crippen LogP contribution in [0.25, 0.3) is 10.9 Å². The van der Waals surface area contributed by atoms with Crippen molar-refractivity contribution in [3.05, 3.63) is 28.4 Å². The number of carbonyl (C=O) groups is 1. The molecule has 0 spiro atoms. The number of aromatic nitrogens is 1. The van der Waals surface area contributed by atoms with Crippen molar-refractivity contribution in [3.8, 4) is 5.75 Å². The summed E-state index contributed by atoms with van der Waals surface area (Å²) in [5.74, 6) is -0.638. The zero-order valence-electron chi connectivity index (χ0n) is 13.3. The molecule has 1 atom stereocenters. The first-order chi connectivity index (χ1) is 11.1. The van der Waals surface area contributed by atoms with E-state index in [0.29, 0.717) is 30.3 Å². The Balaban J connectivity index is 2.36. The van der Waals surface area contributed by atoms with Crippen LogP contribution in [0.5, 0.6) is 5.75 Å². The predicted molar refractivity (Wildman–Crippen MR) is 88.7 cm³/mol. The molecular formula is C17H20ClNO4. The lowest BCUT2D eigenvalue weighted by atomic mass is 9.85. The molecule has 6 heteroatoms. The highest BCUT2D eigenvalue weighted by atomic mass is 35.5. The maximum atomic E-state index is 11.8. The van der Waals surface area contributed by atoms with Gasteiger partial charge in [-0.05, 0) is 37.0 Å². The molecule has 0 saturated heterocycles. The Hall–Kier alpha value is -1.72. The Labute approximate surface area is 139 Å². The van der Waals surface area contributed by atoms with E-state index in [2.05, 4.69) is 4.57 Å². The number of carboxylic acids is 1. The maximum absolute atomic E-state index is 11.8. The third-order valence-corrected chi connectivity index (χ3v) is 4.86. The van der Waals surface area contributed by atoms with Gasteiger partial charge in [-0.15, -0.1) is 0 Å². The highest BCUT2D eigenvalue weighted by Gasteiger charge is 2.33. The largest absolute Gasteiger partial charge is 0.496 e. The fourth-order valence-corrected chi connectivity index (χ4v) is 3.86. The second-order valence-electron chi connectivity index (χ2n) is 5.76. The van der Waals surface area contributed by atoms with Crippen molar-refractivity contribution in [2.45, 2.75) is 31.7 Å². The average Bonchev–Trinajstić information content (AvgIpc) is 2.88. The molecule has 0 radical (unpaired) electrons. The minimum atomic E-state index is -0.793. The van der Waals surface area contributed by atoms with Crippen molar-refractivity contribution in [2.24, 2.45) is 0 Å². The molecular weight excluding hydrogens is 318 g/mol. The van der Waals surface area contributed by atoms with E-state index in [-0.39, 0.29) is 0 Å². The Morgan fingerprint density at radius 1 is 1.43 bits per heavy atom. The number of methoxy groups -OCH3 is 2. The number of halogens is 1. The van der Waals surface area contributed by atoms with E-state index in [1.165, 1.54) is 0 Å². The number of fused-ring (bicyclic) bond motifs is 3. The van der Waals surface area contributed by atoms with Crippen LogP contribution in [0, 0.1) is 0 Å². The maximum Gasteiger partial charge on any atom is 0.311 e. The van der Waals surface area contributed by atoms with E-state index >= 15 is 0 Å². The van der Waals surface area contributed by atoms with Crippen LogP contribution < -0.4 is 4.74 Å². The molecule has 0 aliphatic heterocycles.